The lowest BCUT2D eigenvalue weighted by atomic mass is 9.91. The maximum absolute atomic E-state index is 14.2. The fourth-order valence-corrected chi connectivity index (χ4v) is 4.66. The molecule has 7 heteroatoms. The number of carbonyl (C=O) groups excluding carboxylic acids is 1. The van der Waals surface area contributed by atoms with Gasteiger partial charge < -0.3 is 19.5 Å². The number of ether oxygens (including phenoxy) is 2. The second kappa shape index (κ2) is 10.8. The molecule has 0 aliphatic carbocycles. The molecule has 0 spiro atoms. The van der Waals surface area contributed by atoms with Crippen LogP contribution in [0.4, 0.5) is 4.39 Å². The van der Waals surface area contributed by atoms with Crippen LogP contribution in [0, 0.1) is 5.82 Å². The van der Waals surface area contributed by atoms with Gasteiger partial charge in [0, 0.05) is 19.4 Å². The highest BCUT2D eigenvalue weighted by molar-refractivity contribution is 5.83. The molecule has 1 amide bonds. The molecule has 36 heavy (non-hydrogen) atoms. The SMILES string of the molecule is COc1cccc(CCN(CC(=O)O)C(=O)Cc2ccc3c(c2)C[C@@](C)(Cc2ccccc2F)O3)c1. The molecule has 4 rings (SSSR count). The van der Waals surface area contributed by atoms with Crippen LogP contribution in [0.1, 0.15) is 29.2 Å². The molecule has 0 unspecified atom stereocenters. The number of amides is 1. The normalized spacial score (nSPS) is 16.2. The highest BCUT2D eigenvalue weighted by Crippen LogP contribution is 2.38. The zero-order chi connectivity index (χ0) is 25.7. The maximum Gasteiger partial charge on any atom is 0.323 e. The van der Waals surface area contributed by atoms with Gasteiger partial charge in [-0.15, -0.1) is 0 Å². The topological polar surface area (TPSA) is 76.1 Å². The van der Waals surface area contributed by atoms with E-state index in [0.29, 0.717) is 30.6 Å². The fourth-order valence-electron chi connectivity index (χ4n) is 4.66. The second-order valence-electron chi connectivity index (χ2n) is 9.43. The highest BCUT2D eigenvalue weighted by atomic mass is 19.1. The third-order valence-corrected chi connectivity index (χ3v) is 6.41. The Morgan fingerprint density at radius 3 is 2.64 bits per heavy atom. The first-order chi connectivity index (χ1) is 17.2. The van der Waals surface area contributed by atoms with Crippen molar-refractivity contribution in [2.75, 3.05) is 20.2 Å². The van der Waals surface area contributed by atoms with Crippen molar-refractivity contribution >= 4 is 11.9 Å². The van der Waals surface area contributed by atoms with Crippen molar-refractivity contribution in [1.29, 1.82) is 0 Å². The van der Waals surface area contributed by atoms with Gasteiger partial charge in [-0.25, -0.2) is 4.39 Å². The molecule has 1 atom stereocenters. The van der Waals surface area contributed by atoms with Gasteiger partial charge >= 0.3 is 5.97 Å². The van der Waals surface area contributed by atoms with Crippen molar-refractivity contribution in [2.24, 2.45) is 0 Å². The largest absolute Gasteiger partial charge is 0.497 e. The summed E-state index contributed by atoms with van der Waals surface area (Å²) in [6, 6.07) is 19.8. The molecule has 188 valence electrons. The Labute approximate surface area is 210 Å². The monoisotopic (exact) mass is 491 g/mol. The minimum atomic E-state index is -1.06. The number of nitrogens with zero attached hydrogens (tertiary/aromatic N) is 1. The van der Waals surface area contributed by atoms with E-state index in [-0.39, 0.29) is 31.2 Å². The molecular weight excluding hydrogens is 461 g/mol. The number of hydrogen-bond acceptors (Lipinski definition) is 4. The lowest BCUT2D eigenvalue weighted by Gasteiger charge is -2.24. The number of methoxy groups -OCH3 is 1. The van der Waals surface area contributed by atoms with Crippen LogP contribution in [-0.4, -0.2) is 47.7 Å². The molecule has 1 aliphatic heterocycles. The number of carboxylic acid groups (broad SMARTS) is 1. The molecule has 1 aliphatic rings. The van der Waals surface area contributed by atoms with E-state index in [1.807, 2.05) is 55.5 Å². The molecule has 3 aromatic rings. The van der Waals surface area contributed by atoms with Crippen molar-refractivity contribution in [3.05, 3.63) is 94.8 Å². The zero-order valence-corrected chi connectivity index (χ0v) is 20.5. The van der Waals surface area contributed by atoms with E-state index in [1.54, 1.807) is 19.2 Å². The standard InChI is InChI=1S/C29H30FNO5/c1-29(17-22-7-3-4-9-25(22)30)18-23-14-21(10-11-26(23)36-29)16-27(32)31(19-28(33)34)13-12-20-6-5-8-24(15-20)35-2/h3-11,14-15H,12-13,16-19H2,1-2H3,(H,33,34)/t29-/m1/s1. The van der Waals surface area contributed by atoms with Crippen LogP contribution in [0.5, 0.6) is 11.5 Å². The molecule has 1 N–H and O–H groups in total. The fraction of sp³-hybridized carbons (Fsp3) is 0.310. The van der Waals surface area contributed by atoms with Crippen LogP contribution in [0.25, 0.3) is 0 Å². The van der Waals surface area contributed by atoms with Gasteiger partial charge in [-0.3, -0.25) is 9.59 Å². The molecule has 3 aromatic carbocycles. The van der Waals surface area contributed by atoms with Gasteiger partial charge in [0.05, 0.1) is 13.5 Å². The summed E-state index contributed by atoms with van der Waals surface area (Å²) >= 11 is 0. The lowest BCUT2D eigenvalue weighted by Crippen LogP contribution is -2.38. The Balaban J connectivity index is 1.42. The van der Waals surface area contributed by atoms with Crippen molar-refractivity contribution in [3.63, 3.8) is 0 Å². The van der Waals surface area contributed by atoms with Gasteiger partial charge in [0.1, 0.15) is 29.5 Å². The van der Waals surface area contributed by atoms with Gasteiger partial charge in [0.25, 0.3) is 0 Å². The number of benzene rings is 3. The molecule has 0 fully saturated rings. The van der Waals surface area contributed by atoms with Crippen LogP contribution in [0.3, 0.4) is 0 Å². The van der Waals surface area contributed by atoms with Crippen LogP contribution in [0.2, 0.25) is 0 Å². The van der Waals surface area contributed by atoms with Gasteiger partial charge in [0.2, 0.25) is 5.91 Å². The number of hydrogen-bond donors (Lipinski definition) is 1. The number of carboxylic acids is 1. The first-order valence-corrected chi connectivity index (χ1v) is 11.9. The predicted octanol–water partition coefficient (Wildman–Crippen LogP) is 4.47. The van der Waals surface area contributed by atoms with E-state index in [4.69, 9.17) is 9.47 Å². The number of fused-ring (bicyclic) bond motifs is 1. The quantitative estimate of drug-likeness (QED) is 0.453. The van der Waals surface area contributed by atoms with E-state index in [9.17, 15) is 19.1 Å². The lowest BCUT2D eigenvalue weighted by molar-refractivity contribution is -0.144. The molecule has 0 saturated carbocycles. The molecule has 6 nitrogen and oxygen atoms in total. The zero-order valence-electron chi connectivity index (χ0n) is 20.5. The van der Waals surface area contributed by atoms with E-state index in [1.165, 1.54) is 11.0 Å². The predicted molar refractivity (Wildman–Crippen MR) is 134 cm³/mol. The average molecular weight is 492 g/mol. The van der Waals surface area contributed by atoms with E-state index in [2.05, 4.69) is 0 Å². The summed E-state index contributed by atoms with van der Waals surface area (Å²) in [6.45, 7) is 1.88. The summed E-state index contributed by atoms with van der Waals surface area (Å²) in [5.74, 6) is -0.123. The summed E-state index contributed by atoms with van der Waals surface area (Å²) in [4.78, 5) is 25.9. The van der Waals surface area contributed by atoms with Crippen LogP contribution in [0.15, 0.2) is 66.7 Å². The van der Waals surface area contributed by atoms with Crippen LogP contribution < -0.4 is 9.47 Å². The third-order valence-electron chi connectivity index (χ3n) is 6.41. The average Bonchev–Trinajstić information content (AvgIpc) is 3.18. The third kappa shape index (κ3) is 6.22. The van der Waals surface area contributed by atoms with E-state index >= 15 is 0 Å². The van der Waals surface area contributed by atoms with Crippen molar-refractivity contribution in [3.8, 4) is 11.5 Å². The molecule has 0 saturated heterocycles. The molecule has 0 aromatic heterocycles. The second-order valence-corrected chi connectivity index (χ2v) is 9.43. The van der Waals surface area contributed by atoms with Crippen molar-refractivity contribution in [1.82, 2.24) is 4.90 Å². The summed E-state index contributed by atoms with van der Waals surface area (Å²) in [6.07, 6.45) is 1.62. The Bertz CT molecular complexity index is 1260. The summed E-state index contributed by atoms with van der Waals surface area (Å²) in [5.41, 5.74) is 2.72. The Morgan fingerprint density at radius 2 is 1.89 bits per heavy atom. The number of aliphatic carboxylic acids is 1. The highest BCUT2D eigenvalue weighted by Gasteiger charge is 2.35. The summed E-state index contributed by atoms with van der Waals surface area (Å²) < 4.78 is 25.6. The Kier molecular flexibility index (Phi) is 7.58. The molecular formula is C29H30FNO5. The summed E-state index contributed by atoms with van der Waals surface area (Å²) in [5, 5.41) is 9.35. The van der Waals surface area contributed by atoms with E-state index in [0.717, 1.165) is 22.4 Å². The Hall–Kier alpha value is -3.87. The molecule has 0 radical (unpaired) electrons. The first kappa shape index (κ1) is 25.2. The molecule has 1 heterocycles. The smallest absolute Gasteiger partial charge is 0.323 e. The minimum Gasteiger partial charge on any atom is -0.497 e. The Morgan fingerprint density at radius 1 is 1.08 bits per heavy atom. The number of halogens is 1. The van der Waals surface area contributed by atoms with Gasteiger partial charge in [0.15, 0.2) is 0 Å². The number of carbonyl (C=O) groups is 2. The first-order valence-electron chi connectivity index (χ1n) is 11.9. The van der Waals surface area contributed by atoms with Crippen molar-refractivity contribution in [2.45, 2.75) is 38.2 Å². The van der Waals surface area contributed by atoms with Crippen LogP contribution >= 0.6 is 0 Å². The summed E-state index contributed by atoms with van der Waals surface area (Å²) in [7, 11) is 1.59. The van der Waals surface area contributed by atoms with Gasteiger partial charge in [-0.1, -0.05) is 42.5 Å². The minimum absolute atomic E-state index is 0.0860. The van der Waals surface area contributed by atoms with Crippen molar-refractivity contribution < 1.29 is 28.6 Å². The molecule has 0 bridgehead atoms. The van der Waals surface area contributed by atoms with Gasteiger partial charge in [-0.05, 0) is 59.9 Å². The number of rotatable bonds is 10. The van der Waals surface area contributed by atoms with E-state index < -0.39 is 11.6 Å². The maximum atomic E-state index is 14.2. The van der Waals surface area contributed by atoms with Gasteiger partial charge in [-0.2, -0.15) is 0 Å². The van der Waals surface area contributed by atoms with Crippen LogP contribution in [-0.2, 0) is 35.3 Å².